The van der Waals surface area contributed by atoms with E-state index in [1.807, 2.05) is 35.6 Å². The molecule has 47 heavy (non-hydrogen) atoms. The van der Waals surface area contributed by atoms with Crippen LogP contribution >= 0.6 is 11.3 Å². The second kappa shape index (κ2) is 9.71. The smallest absolute Gasteiger partial charge is 0.160 e. The van der Waals surface area contributed by atoms with Gasteiger partial charge in [0.15, 0.2) is 5.82 Å². The van der Waals surface area contributed by atoms with E-state index in [2.05, 4.69) is 134 Å². The molecule has 0 radical (unpaired) electrons. The summed E-state index contributed by atoms with van der Waals surface area (Å²) in [5, 5.41) is 5.11. The fraction of sp³-hybridized carbons (Fsp3) is 0.0698. The van der Waals surface area contributed by atoms with Crippen molar-refractivity contribution in [3.8, 4) is 39.5 Å². The van der Waals surface area contributed by atoms with Gasteiger partial charge < -0.3 is 4.57 Å². The maximum atomic E-state index is 5.14. The fourth-order valence-electron chi connectivity index (χ4n) is 7.69. The molecule has 0 amide bonds. The molecular formula is C43H29N3S. The van der Waals surface area contributed by atoms with Gasteiger partial charge in [0.05, 0.1) is 22.4 Å². The van der Waals surface area contributed by atoms with E-state index in [9.17, 15) is 0 Å². The number of aromatic nitrogens is 3. The largest absolute Gasteiger partial charge is 0.300 e. The summed E-state index contributed by atoms with van der Waals surface area (Å²) in [6, 6.07) is 50.1. The van der Waals surface area contributed by atoms with Gasteiger partial charge in [-0.15, -0.1) is 11.3 Å². The molecular weight excluding hydrogens is 591 g/mol. The monoisotopic (exact) mass is 619 g/mol. The van der Waals surface area contributed by atoms with E-state index >= 15 is 0 Å². The van der Waals surface area contributed by atoms with Gasteiger partial charge in [0.2, 0.25) is 0 Å². The van der Waals surface area contributed by atoms with E-state index < -0.39 is 0 Å². The number of rotatable bonds is 3. The highest BCUT2D eigenvalue weighted by atomic mass is 32.1. The van der Waals surface area contributed by atoms with Gasteiger partial charge >= 0.3 is 0 Å². The van der Waals surface area contributed by atoms with Gasteiger partial charge in [-0.25, -0.2) is 9.97 Å². The number of hydrogen-bond donors (Lipinski definition) is 0. The Balaban J connectivity index is 1.16. The lowest BCUT2D eigenvalue weighted by Gasteiger charge is -2.35. The van der Waals surface area contributed by atoms with Gasteiger partial charge in [0, 0.05) is 42.8 Å². The van der Waals surface area contributed by atoms with Gasteiger partial charge in [0.25, 0.3) is 0 Å². The summed E-state index contributed by atoms with van der Waals surface area (Å²) in [5.41, 5.74) is 11.5. The summed E-state index contributed by atoms with van der Waals surface area (Å²) in [5.74, 6) is 0.740. The predicted octanol–water partition coefficient (Wildman–Crippen LogP) is 11.6. The molecule has 4 heteroatoms. The van der Waals surface area contributed by atoms with Crippen LogP contribution in [0.1, 0.15) is 25.0 Å². The van der Waals surface area contributed by atoms with Crippen LogP contribution in [0, 0.1) is 0 Å². The minimum Gasteiger partial charge on any atom is -0.300 e. The lowest BCUT2D eigenvalue weighted by molar-refractivity contribution is 0.630. The number of hydrogen-bond acceptors (Lipinski definition) is 3. The van der Waals surface area contributed by atoms with E-state index in [4.69, 9.17) is 9.97 Å². The Morgan fingerprint density at radius 1 is 0.553 bits per heavy atom. The van der Waals surface area contributed by atoms with E-state index in [1.54, 1.807) is 0 Å². The molecule has 0 bridgehead atoms. The summed E-state index contributed by atoms with van der Waals surface area (Å²) in [6.07, 6.45) is 0. The molecule has 0 fully saturated rings. The predicted molar refractivity (Wildman–Crippen MR) is 198 cm³/mol. The summed E-state index contributed by atoms with van der Waals surface area (Å²) in [6.45, 7) is 4.75. The van der Waals surface area contributed by atoms with Crippen molar-refractivity contribution in [2.75, 3.05) is 0 Å². The van der Waals surface area contributed by atoms with Crippen molar-refractivity contribution in [3.05, 3.63) is 151 Å². The topological polar surface area (TPSA) is 30.7 Å². The van der Waals surface area contributed by atoms with Crippen molar-refractivity contribution in [1.29, 1.82) is 0 Å². The molecule has 1 aliphatic heterocycles. The molecule has 3 nitrogen and oxygen atoms in total. The SMILES string of the molecule is CC1(C)c2cc(-c3cccc(-c4nc(-c5ccccc5)nc5ccccc45)c3)ccc2-n2c3sc4ccccc4c3c3cccc1c32. The summed E-state index contributed by atoms with van der Waals surface area (Å²) in [4.78, 5) is 11.4. The highest BCUT2D eigenvalue weighted by Crippen LogP contribution is 2.51. The van der Waals surface area contributed by atoms with E-state index in [0.717, 1.165) is 33.5 Å². The molecule has 0 N–H and O–H groups in total. The van der Waals surface area contributed by atoms with Crippen molar-refractivity contribution in [1.82, 2.24) is 14.5 Å². The molecule has 222 valence electrons. The van der Waals surface area contributed by atoms with Crippen LogP contribution in [0.3, 0.4) is 0 Å². The third kappa shape index (κ3) is 3.79. The van der Waals surface area contributed by atoms with Crippen molar-refractivity contribution >= 4 is 53.4 Å². The Bertz CT molecular complexity index is 2710. The zero-order valence-electron chi connectivity index (χ0n) is 26.0. The van der Waals surface area contributed by atoms with Crippen LogP contribution in [0.4, 0.5) is 0 Å². The normalized spacial score (nSPS) is 13.5. The minimum absolute atomic E-state index is 0.165. The van der Waals surface area contributed by atoms with Crippen molar-refractivity contribution < 1.29 is 0 Å². The number of nitrogens with zero attached hydrogens (tertiary/aromatic N) is 3. The maximum absolute atomic E-state index is 5.14. The second-order valence-electron chi connectivity index (χ2n) is 13.0. The Morgan fingerprint density at radius 3 is 2.15 bits per heavy atom. The second-order valence-corrected chi connectivity index (χ2v) is 14.1. The van der Waals surface area contributed by atoms with Crippen LogP contribution in [0.15, 0.2) is 140 Å². The average Bonchev–Trinajstić information content (AvgIpc) is 3.66. The van der Waals surface area contributed by atoms with Crippen LogP contribution in [0.25, 0.3) is 81.6 Å². The first-order valence-corrected chi connectivity index (χ1v) is 16.9. The summed E-state index contributed by atoms with van der Waals surface area (Å²) >= 11 is 1.90. The highest BCUT2D eigenvalue weighted by molar-refractivity contribution is 7.25. The molecule has 4 heterocycles. The highest BCUT2D eigenvalue weighted by Gasteiger charge is 2.36. The number of benzene rings is 6. The van der Waals surface area contributed by atoms with E-state index in [0.29, 0.717) is 0 Å². The van der Waals surface area contributed by atoms with Crippen molar-refractivity contribution in [2.45, 2.75) is 19.3 Å². The van der Waals surface area contributed by atoms with Crippen LogP contribution in [-0.4, -0.2) is 14.5 Å². The molecule has 0 atom stereocenters. The molecule has 0 unspecified atom stereocenters. The summed E-state index contributed by atoms with van der Waals surface area (Å²) in [7, 11) is 0. The quantitative estimate of drug-likeness (QED) is 0.197. The Morgan fingerprint density at radius 2 is 1.26 bits per heavy atom. The zero-order valence-corrected chi connectivity index (χ0v) is 26.8. The van der Waals surface area contributed by atoms with Crippen molar-refractivity contribution in [2.24, 2.45) is 0 Å². The molecule has 0 spiro atoms. The molecule has 9 aromatic rings. The minimum atomic E-state index is -0.165. The Labute approximate surface area is 276 Å². The standard InChI is InChI=1S/C43H29N3S/c1-43(2)33-19-11-18-32-38-31-17-7-9-21-37(31)47-42(38)46(40(32)33)36-23-22-28(25-34(36)43)27-14-10-15-29(24-27)39-30-16-6-8-20-35(30)44-41(45-39)26-12-4-3-5-13-26/h3-25H,1-2H3. The van der Waals surface area contributed by atoms with Gasteiger partial charge in [-0.2, -0.15) is 0 Å². The fourth-order valence-corrected chi connectivity index (χ4v) is 8.93. The summed E-state index contributed by atoms with van der Waals surface area (Å²) < 4.78 is 3.87. The zero-order chi connectivity index (χ0) is 31.3. The number of para-hydroxylation sites is 2. The lowest BCUT2D eigenvalue weighted by atomic mass is 9.74. The molecule has 10 rings (SSSR count). The van der Waals surface area contributed by atoms with Crippen LogP contribution in [0.5, 0.6) is 0 Å². The van der Waals surface area contributed by atoms with Crippen LogP contribution in [0.2, 0.25) is 0 Å². The molecule has 0 saturated carbocycles. The lowest BCUT2D eigenvalue weighted by Crippen LogP contribution is -2.26. The average molecular weight is 620 g/mol. The van der Waals surface area contributed by atoms with Gasteiger partial charge in [-0.05, 0) is 52.6 Å². The first-order valence-electron chi connectivity index (χ1n) is 16.1. The van der Waals surface area contributed by atoms with Crippen molar-refractivity contribution in [3.63, 3.8) is 0 Å². The molecule has 0 saturated heterocycles. The van der Waals surface area contributed by atoms with Crippen LogP contribution in [-0.2, 0) is 5.41 Å². The maximum Gasteiger partial charge on any atom is 0.160 e. The third-order valence-electron chi connectivity index (χ3n) is 10.00. The third-order valence-corrected chi connectivity index (χ3v) is 11.2. The molecule has 0 aliphatic carbocycles. The van der Waals surface area contributed by atoms with Gasteiger partial charge in [-0.3, -0.25) is 0 Å². The van der Waals surface area contributed by atoms with E-state index in [1.165, 1.54) is 59.1 Å². The molecule has 1 aliphatic rings. The first-order chi connectivity index (χ1) is 23.1. The molecule has 3 aromatic heterocycles. The Kier molecular flexibility index (Phi) is 5.50. The van der Waals surface area contributed by atoms with Gasteiger partial charge in [-0.1, -0.05) is 123 Å². The van der Waals surface area contributed by atoms with Crippen LogP contribution < -0.4 is 0 Å². The first kappa shape index (κ1) is 26.6. The number of thiophene rings is 1. The van der Waals surface area contributed by atoms with E-state index in [-0.39, 0.29) is 5.41 Å². The van der Waals surface area contributed by atoms with Gasteiger partial charge in [0.1, 0.15) is 4.83 Å². The number of fused-ring (bicyclic) bond motifs is 8. The molecule has 6 aromatic carbocycles. The Hall–Kier alpha value is -5.58.